The molecule has 0 spiro atoms. The van der Waals surface area contributed by atoms with Crippen LogP contribution in [0.2, 0.25) is 0 Å². The molecule has 12 heteroatoms. The molecule has 0 aromatic carbocycles. The summed E-state index contributed by atoms with van der Waals surface area (Å²) in [7, 11) is -9.75. The Morgan fingerprint density at radius 2 is 1.32 bits per heavy atom. The topological polar surface area (TPSA) is 130 Å². The molecule has 0 aliphatic rings. The Morgan fingerprint density at radius 3 is 1.59 bits per heavy atom. The van der Waals surface area contributed by atoms with Gasteiger partial charge in [-0.15, -0.1) is 0 Å². The minimum Gasteiger partial charge on any atom is -0.810 e. The van der Waals surface area contributed by atoms with E-state index in [4.69, 9.17) is 0 Å². The first-order chi connectivity index (χ1) is 8.57. The predicted molar refractivity (Wildman–Crippen MR) is 65.0 cm³/mol. The Labute approximate surface area is 199 Å². The summed E-state index contributed by atoms with van der Waals surface area (Å²) >= 11 is 0. The normalized spacial score (nSPS) is 12.9. The molecular formula is C10H21NNa3O6P2-. The van der Waals surface area contributed by atoms with E-state index in [2.05, 4.69) is 0 Å². The number of unbranched alkanes of at least 4 members (excludes halogenated alkanes) is 1. The fourth-order valence-corrected chi connectivity index (χ4v) is 3.50. The smallest absolute Gasteiger partial charge is 0.810 e. The van der Waals surface area contributed by atoms with Gasteiger partial charge in [0.2, 0.25) is 0 Å². The molecule has 0 fully saturated rings. The van der Waals surface area contributed by atoms with E-state index >= 15 is 0 Å². The third-order valence-electron chi connectivity index (χ3n) is 2.81. The van der Waals surface area contributed by atoms with Crippen LogP contribution in [0.3, 0.4) is 0 Å². The summed E-state index contributed by atoms with van der Waals surface area (Å²) in [6.07, 6.45) is 1.63. The second kappa shape index (κ2) is 16.4. The Bertz CT molecular complexity index is 328. The number of hydrogen-bond donors (Lipinski definition) is 0. The van der Waals surface area contributed by atoms with Gasteiger partial charge in [-0.05, 0) is 12.3 Å². The average molecular weight is 382 g/mol. The summed E-state index contributed by atoms with van der Waals surface area (Å²) in [4.78, 5) is 43.9. The summed E-state index contributed by atoms with van der Waals surface area (Å²) in [5.41, 5.74) is 0. The fourth-order valence-electron chi connectivity index (χ4n) is 1.93. The second-order valence-electron chi connectivity index (χ2n) is 4.77. The van der Waals surface area contributed by atoms with Gasteiger partial charge in [0.1, 0.15) is 0 Å². The maximum absolute atomic E-state index is 10.7. The van der Waals surface area contributed by atoms with Crippen molar-refractivity contribution in [2.75, 3.05) is 19.1 Å². The van der Waals surface area contributed by atoms with Gasteiger partial charge in [-0.3, -0.25) is 4.90 Å². The van der Waals surface area contributed by atoms with Gasteiger partial charge in [-0.2, -0.15) is 0 Å². The minimum absolute atomic E-state index is 0. The fraction of sp³-hybridized carbons (Fsp3) is 1.00. The first kappa shape index (κ1) is 32.9. The zero-order chi connectivity index (χ0) is 15.1. The van der Waals surface area contributed by atoms with Crippen LogP contribution in [0.5, 0.6) is 0 Å². The van der Waals surface area contributed by atoms with E-state index in [1.54, 1.807) is 0 Å². The van der Waals surface area contributed by atoms with Crippen molar-refractivity contribution >= 4 is 15.2 Å². The van der Waals surface area contributed by atoms with E-state index in [1.165, 1.54) is 0 Å². The van der Waals surface area contributed by atoms with Crippen molar-refractivity contribution in [3.05, 3.63) is 0 Å². The molecule has 1 atom stereocenters. The zero-order valence-corrected chi connectivity index (χ0v) is 22.1. The molecule has 0 aromatic heterocycles. The summed E-state index contributed by atoms with van der Waals surface area (Å²) in [6.45, 7) is 4.05. The molecule has 7 nitrogen and oxygen atoms in total. The van der Waals surface area contributed by atoms with Crippen molar-refractivity contribution in [1.29, 1.82) is 0 Å². The maximum Gasteiger partial charge on any atom is 1.00 e. The SMILES string of the molecule is CCCCC(CC)CN(CP(=O)([O-])[O-])CP(=O)([O-])[O-].[Na+].[Na+].[Na+]. The van der Waals surface area contributed by atoms with Crippen LogP contribution in [0, 0.1) is 5.92 Å². The number of rotatable bonds is 10. The van der Waals surface area contributed by atoms with Crippen LogP contribution in [0.15, 0.2) is 0 Å². The van der Waals surface area contributed by atoms with Gasteiger partial charge in [-0.1, -0.05) is 48.3 Å². The van der Waals surface area contributed by atoms with E-state index < -0.39 is 27.8 Å². The molecule has 1 unspecified atom stereocenters. The third-order valence-corrected chi connectivity index (χ3v) is 4.30. The predicted octanol–water partition coefficient (Wildman–Crippen LogP) is -9.74. The van der Waals surface area contributed by atoms with Crippen LogP contribution in [-0.2, 0) is 9.13 Å². The van der Waals surface area contributed by atoms with E-state index in [-0.39, 0.29) is 101 Å². The van der Waals surface area contributed by atoms with E-state index in [9.17, 15) is 28.7 Å². The van der Waals surface area contributed by atoms with Crippen molar-refractivity contribution in [2.45, 2.75) is 39.5 Å². The monoisotopic (exact) mass is 382 g/mol. The van der Waals surface area contributed by atoms with Crippen molar-refractivity contribution in [1.82, 2.24) is 4.90 Å². The minimum atomic E-state index is -4.87. The molecule has 0 bridgehead atoms. The van der Waals surface area contributed by atoms with Gasteiger partial charge >= 0.3 is 88.7 Å². The van der Waals surface area contributed by atoms with Crippen LogP contribution in [-0.4, -0.2) is 24.0 Å². The largest absolute Gasteiger partial charge is 1.00 e. The van der Waals surface area contributed by atoms with Crippen LogP contribution in [0.4, 0.5) is 0 Å². The van der Waals surface area contributed by atoms with Crippen molar-refractivity contribution in [2.24, 2.45) is 5.92 Å². The molecule has 0 rings (SSSR count). The van der Waals surface area contributed by atoms with Crippen molar-refractivity contribution in [3.63, 3.8) is 0 Å². The Balaban J connectivity index is -0.000000540. The van der Waals surface area contributed by atoms with Gasteiger partial charge in [0.05, 0.1) is 0 Å². The molecule has 0 saturated carbocycles. The maximum atomic E-state index is 10.7. The molecule has 0 amide bonds. The standard InChI is InChI=1S/C10H25NO6P2.3Na/c1-3-5-6-10(4-2)7-11(8-18(12,13)14)9-19(15,16)17;;;/h10H,3-9H2,1-2H3,(H2,12,13,14)(H2,15,16,17);;;/q;3*+1/p-4. The third kappa shape index (κ3) is 21.3. The van der Waals surface area contributed by atoms with Crippen LogP contribution in [0.1, 0.15) is 39.5 Å². The second-order valence-corrected chi connectivity index (χ2v) is 7.78. The Hall–Kier alpha value is 3.26. The number of hydrogen-bond acceptors (Lipinski definition) is 7. The summed E-state index contributed by atoms with van der Waals surface area (Å²) < 4.78 is 21.5. The van der Waals surface area contributed by atoms with Crippen LogP contribution < -0.4 is 108 Å². The van der Waals surface area contributed by atoms with Crippen molar-refractivity contribution in [3.8, 4) is 0 Å². The first-order valence-corrected chi connectivity index (χ1v) is 9.77. The van der Waals surface area contributed by atoms with E-state index in [1.807, 2.05) is 13.8 Å². The van der Waals surface area contributed by atoms with Gasteiger partial charge in [-0.25, -0.2) is 0 Å². The van der Waals surface area contributed by atoms with Crippen molar-refractivity contribution < 1.29 is 117 Å². The summed E-state index contributed by atoms with van der Waals surface area (Å²) in [5, 5.41) is 0. The first-order valence-electron chi connectivity index (χ1n) is 6.32. The molecule has 116 valence electrons. The quantitative estimate of drug-likeness (QED) is 0.271. The Morgan fingerprint density at radius 1 is 0.909 bits per heavy atom. The van der Waals surface area contributed by atoms with Gasteiger partial charge in [0.25, 0.3) is 0 Å². The molecule has 0 aliphatic heterocycles. The molecule has 0 radical (unpaired) electrons. The average Bonchev–Trinajstić information content (AvgIpc) is 2.19. The van der Waals surface area contributed by atoms with Gasteiger partial charge in [0.15, 0.2) is 0 Å². The molecular weight excluding hydrogens is 361 g/mol. The number of nitrogens with zero attached hydrogens (tertiary/aromatic N) is 1. The molecule has 0 saturated heterocycles. The van der Waals surface area contributed by atoms with Crippen LogP contribution in [0.25, 0.3) is 0 Å². The van der Waals surface area contributed by atoms with Gasteiger partial charge in [0, 0.05) is 19.1 Å². The molecule has 0 heterocycles. The molecule has 0 N–H and O–H groups in total. The van der Waals surface area contributed by atoms with E-state index in [0.29, 0.717) is 0 Å². The van der Waals surface area contributed by atoms with Gasteiger partial charge < -0.3 is 28.7 Å². The Kier molecular flexibility index (Phi) is 24.6. The molecule has 0 aromatic rings. The molecule has 22 heavy (non-hydrogen) atoms. The molecule has 0 aliphatic carbocycles. The summed E-state index contributed by atoms with van der Waals surface area (Å²) in [6, 6.07) is 0. The van der Waals surface area contributed by atoms with E-state index in [0.717, 1.165) is 30.6 Å². The zero-order valence-electron chi connectivity index (χ0n) is 14.3. The summed E-state index contributed by atoms with van der Waals surface area (Å²) in [5.74, 6) is 0.0815. The van der Waals surface area contributed by atoms with Crippen LogP contribution >= 0.6 is 15.2 Å².